The lowest BCUT2D eigenvalue weighted by Crippen LogP contribution is -2.24. The molecule has 0 saturated carbocycles. The van der Waals surface area contributed by atoms with E-state index < -0.39 is 0 Å². The highest BCUT2D eigenvalue weighted by molar-refractivity contribution is 7.21. The Hall–Kier alpha value is -2.84. The van der Waals surface area contributed by atoms with Gasteiger partial charge < -0.3 is 10.2 Å². The van der Waals surface area contributed by atoms with Crippen molar-refractivity contribution >= 4 is 49.7 Å². The summed E-state index contributed by atoms with van der Waals surface area (Å²) >= 11 is 3.08. The van der Waals surface area contributed by atoms with Crippen molar-refractivity contribution < 1.29 is 4.79 Å². The highest BCUT2D eigenvalue weighted by Crippen LogP contribution is 2.35. The van der Waals surface area contributed by atoms with Gasteiger partial charge in [0.25, 0.3) is 0 Å². The van der Waals surface area contributed by atoms with E-state index >= 15 is 0 Å². The van der Waals surface area contributed by atoms with E-state index in [1.165, 1.54) is 11.3 Å². The van der Waals surface area contributed by atoms with Crippen LogP contribution in [0.25, 0.3) is 20.7 Å². The van der Waals surface area contributed by atoms with Gasteiger partial charge in [0.2, 0.25) is 5.91 Å². The van der Waals surface area contributed by atoms with Crippen LogP contribution in [0.5, 0.6) is 0 Å². The van der Waals surface area contributed by atoms with Gasteiger partial charge in [-0.25, -0.2) is 15.0 Å². The van der Waals surface area contributed by atoms with Crippen molar-refractivity contribution in [3.8, 4) is 10.4 Å². The molecule has 0 unspecified atom stereocenters. The Balaban J connectivity index is 1.48. The summed E-state index contributed by atoms with van der Waals surface area (Å²) in [4.78, 5) is 29.4. The zero-order valence-corrected chi connectivity index (χ0v) is 17.2. The lowest BCUT2D eigenvalue weighted by Gasteiger charge is -2.18. The number of carbonyl (C=O) groups is 1. The van der Waals surface area contributed by atoms with Crippen LogP contribution in [-0.2, 0) is 4.79 Å². The Kier molecular flexibility index (Phi) is 5.31. The highest BCUT2D eigenvalue weighted by Gasteiger charge is 2.14. The second-order valence-electron chi connectivity index (χ2n) is 6.41. The molecule has 0 atom stereocenters. The van der Waals surface area contributed by atoms with Gasteiger partial charge in [-0.3, -0.25) is 4.79 Å². The minimum Gasteiger partial charge on any atom is -0.359 e. The lowest BCUT2D eigenvalue weighted by atomic mass is 10.2. The third-order valence-corrected chi connectivity index (χ3v) is 6.24. The zero-order valence-electron chi connectivity index (χ0n) is 15.5. The summed E-state index contributed by atoms with van der Waals surface area (Å²) in [6.45, 7) is 2.46. The van der Waals surface area contributed by atoms with Crippen molar-refractivity contribution in [2.45, 2.75) is 13.3 Å². The summed E-state index contributed by atoms with van der Waals surface area (Å²) in [5.74, 6) is 0.781. The van der Waals surface area contributed by atoms with E-state index in [4.69, 9.17) is 0 Å². The lowest BCUT2D eigenvalue weighted by molar-refractivity contribution is -0.116. The van der Waals surface area contributed by atoms with Gasteiger partial charge in [-0.2, -0.15) is 0 Å². The van der Waals surface area contributed by atoms with Crippen LogP contribution in [-0.4, -0.2) is 34.5 Å². The zero-order chi connectivity index (χ0) is 19.5. The van der Waals surface area contributed by atoms with Crippen LogP contribution in [0.3, 0.4) is 0 Å². The molecule has 28 heavy (non-hydrogen) atoms. The first-order chi connectivity index (χ1) is 13.6. The molecule has 0 spiro atoms. The number of hydrogen-bond acceptors (Lipinski definition) is 7. The molecule has 4 aromatic rings. The van der Waals surface area contributed by atoms with E-state index in [9.17, 15) is 4.79 Å². The molecule has 6 nitrogen and oxygen atoms in total. The number of fused-ring (bicyclic) bond motifs is 1. The number of anilines is 2. The standard InChI is InChI=1S/C20H19N5OS2/c1-13-11-27-20(23-13)24-17(26)8-9-25(2)18-15-10-16(14-6-4-3-5-7-14)28-19(15)22-12-21-18/h3-7,10-12H,8-9H2,1-2H3,(H,23,24,26). The van der Waals surface area contributed by atoms with Crippen LogP contribution < -0.4 is 10.2 Å². The fourth-order valence-corrected chi connectivity index (χ4v) is 4.56. The molecule has 0 aliphatic carbocycles. The maximum atomic E-state index is 12.2. The number of rotatable bonds is 6. The highest BCUT2D eigenvalue weighted by atomic mass is 32.1. The average molecular weight is 410 g/mol. The van der Waals surface area contributed by atoms with Crippen molar-refractivity contribution in [3.63, 3.8) is 0 Å². The topological polar surface area (TPSA) is 71.0 Å². The van der Waals surface area contributed by atoms with Crippen LogP contribution in [0.1, 0.15) is 12.1 Å². The van der Waals surface area contributed by atoms with E-state index in [-0.39, 0.29) is 5.91 Å². The van der Waals surface area contributed by atoms with Crippen LogP contribution in [0.15, 0.2) is 48.1 Å². The summed E-state index contributed by atoms with van der Waals surface area (Å²) in [7, 11) is 1.95. The SMILES string of the molecule is Cc1csc(NC(=O)CCN(C)c2ncnc3sc(-c4ccccc4)cc23)n1. The van der Waals surface area contributed by atoms with Crippen molar-refractivity contribution in [2.24, 2.45) is 0 Å². The molecule has 0 saturated heterocycles. The molecule has 0 bridgehead atoms. The molecule has 0 aliphatic rings. The van der Waals surface area contributed by atoms with E-state index in [1.807, 2.05) is 42.5 Å². The first-order valence-electron chi connectivity index (χ1n) is 8.83. The fraction of sp³-hybridized carbons (Fsp3) is 0.200. The second-order valence-corrected chi connectivity index (χ2v) is 8.30. The van der Waals surface area contributed by atoms with E-state index in [0.29, 0.717) is 18.1 Å². The van der Waals surface area contributed by atoms with Gasteiger partial charge in [0.15, 0.2) is 5.13 Å². The monoisotopic (exact) mass is 409 g/mol. The maximum Gasteiger partial charge on any atom is 0.227 e. The quantitative estimate of drug-likeness (QED) is 0.504. The second kappa shape index (κ2) is 8.04. The van der Waals surface area contributed by atoms with Crippen molar-refractivity contribution in [1.29, 1.82) is 0 Å². The third-order valence-electron chi connectivity index (χ3n) is 4.27. The van der Waals surface area contributed by atoms with Gasteiger partial charge in [0.05, 0.1) is 11.1 Å². The number of nitrogens with one attached hydrogen (secondary N) is 1. The largest absolute Gasteiger partial charge is 0.359 e. The predicted molar refractivity (Wildman–Crippen MR) is 116 cm³/mol. The van der Waals surface area contributed by atoms with E-state index in [2.05, 4.69) is 38.5 Å². The molecule has 1 N–H and O–H groups in total. The van der Waals surface area contributed by atoms with Crippen molar-refractivity contribution in [1.82, 2.24) is 15.0 Å². The number of nitrogens with zero attached hydrogens (tertiary/aromatic N) is 4. The van der Waals surface area contributed by atoms with E-state index in [1.54, 1.807) is 17.7 Å². The van der Waals surface area contributed by atoms with Crippen LogP contribution >= 0.6 is 22.7 Å². The summed E-state index contributed by atoms with van der Waals surface area (Å²) in [5, 5.41) is 6.40. The first kappa shape index (κ1) is 18.5. The number of thiazole rings is 1. The third kappa shape index (κ3) is 4.02. The van der Waals surface area contributed by atoms with Crippen LogP contribution in [0.2, 0.25) is 0 Å². The van der Waals surface area contributed by atoms with E-state index in [0.717, 1.165) is 32.2 Å². The van der Waals surface area contributed by atoms with Crippen molar-refractivity contribution in [2.75, 3.05) is 23.8 Å². The molecule has 0 fully saturated rings. The first-order valence-corrected chi connectivity index (χ1v) is 10.5. The molecule has 0 aliphatic heterocycles. The summed E-state index contributed by atoms with van der Waals surface area (Å²) in [6.07, 6.45) is 1.94. The fourth-order valence-electron chi connectivity index (χ4n) is 2.86. The number of benzene rings is 1. The minimum atomic E-state index is -0.0539. The molecule has 4 rings (SSSR count). The number of amides is 1. The Morgan fingerprint density at radius 2 is 2.04 bits per heavy atom. The smallest absolute Gasteiger partial charge is 0.227 e. The number of hydrogen-bond donors (Lipinski definition) is 1. The predicted octanol–water partition coefficient (Wildman–Crippen LogP) is 4.59. The Bertz CT molecular complexity index is 1110. The molecule has 0 radical (unpaired) electrons. The molecule has 8 heteroatoms. The molecule has 1 aromatic carbocycles. The molecular formula is C20H19N5OS2. The number of carbonyl (C=O) groups excluding carboxylic acids is 1. The van der Waals surface area contributed by atoms with Gasteiger partial charge in [-0.05, 0) is 18.6 Å². The number of aromatic nitrogens is 3. The van der Waals surface area contributed by atoms with Gasteiger partial charge >= 0.3 is 0 Å². The van der Waals surface area contributed by atoms with Gasteiger partial charge in [-0.1, -0.05) is 30.3 Å². The van der Waals surface area contributed by atoms with Gasteiger partial charge in [0.1, 0.15) is 17.0 Å². The summed E-state index contributed by atoms with van der Waals surface area (Å²) in [6, 6.07) is 12.4. The minimum absolute atomic E-state index is 0.0539. The average Bonchev–Trinajstić information content (AvgIpc) is 3.32. The number of aryl methyl sites for hydroxylation is 1. The molecular weight excluding hydrogens is 390 g/mol. The van der Waals surface area contributed by atoms with Crippen LogP contribution in [0.4, 0.5) is 10.9 Å². The Morgan fingerprint density at radius 3 is 2.79 bits per heavy atom. The molecule has 142 valence electrons. The number of thiophene rings is 1. The summed E-state index contributed by atoms with van der Waals surface area (Å²) < 4.78 is 0. The Labute approximate surface area is 170 Å². The van der Waals surface area contributed by atoms with Crippen LogP contribution in [0, 0.1) is 6.92 Å². The summed E-state index contributed by atoms with van der Waals surface area (Å²) in [5.41, 5.74) is 2.07. The van der Waals surface area contributed by atoms with Crippen molar-refractivity contribution in [3.05, 3.63) is 53.8 Å². The Morgan fingerprint density at radius 1 is 1.21 bits per heavy atom. The van der Waals surface area contributed by atoms with Gasteiger partial charge in [0, 0.05) is 30.3 Å². The molecule has 3 heterocycles. The molecule has 1 amide bonds. The maximum absolute atomic E-state index is 12.2. The molecule has 3 aromatic heterocycles. The normalized spacial score (nSPS) is 10.9. The van der Waals surface area contributed by atoms with Gasteiger partial charge in [-0.15, -0.1) is 22.7 Å².